The van der Waals surface area contributed by atoms with Gasteiger partial charge in [0.2, 0.25) is 15.9 Å². The highest BCUT2D eigenvalue weighted by Gasteiger charge is 2.27. The van der Waals surface area contributed by atoms with Gasteiger partial charge in [-0.25, -0.2) is 8.42 Å². The predicted octanol–water partition coefficient (Wildman–Crippen LogP) is 1.49. The average Bonchev–Trinajstić information content (AvgIpc) is 2.53. The zero-order chi connectivity index (χ0) is 18.3. The van der Waals surface area contributed by atoms with Crippen molar-refractivity contribution in [2.45, 2.75) is 25.2 Å². The Bertz CT molecular complexity index is 658. The van der Waals surface area contributed by atoms with Crippen LogP contribution in [0.25, 0.3) is 0 Å². The maximum absolute atomic E-state index is 12.7. The van der Waals surface area contributed by atoms with E-state index < -0.39 is 10.0 Å². The normalized spacial score (nSPS) is 11.6. The lowest BCUT2D eigenvalue weighted by atomic mass is 10.1. The van der Waals surface area contributed by atoms with Gasteiger partial charge in [-0.2, -0.15) is 4.31 Å². The summed E-state index contributed by atoms with van der Waals surface area (Å²) >= 11 is 0. The third-order valence-electron chi connectivity index (χ3n) is 3.47. The zero-order valence-electron chi connectivity index (χ0n) is 14.8. The van der Waals surface area contributed by atoms with E-state index in [-0.39, 0.29) is 23.1 Å². The number of hydrogen-bond donors (Lipinski definition) is 1. The van der Waals surface area contributed by atoms with Crippen LogP contribution < -0.4 is 14.8 Å². The summed E-state index contributed by atoms with van der Waals surface area (Å²) in [5, 5.41) is 2.72. The highest BCUT2D eigenvalue weighted by Crippen LogP contribution is 2.29. The standard InChI is InChI=1S/C16H26N2O5S/c1-12(2)8-9-17-16(19)11-18(3)24(20,21)15-10-13(22-4)6-7-14(15)23-5/h6-7,10,12H,8-9,11H2,1-5H3,(H,17,19). The van der Waals surface area contributed by atoms with Gasteiger partial charge in [-0.05, 0) is 24.5 Å². The van der Waals surface area contributed by atoms with E-state index in [1.807, 2.05) is 0 Å². The number of carbonyl (C=O) groups is 1. The number of carbonyl (C=O) groups excluding carboxylic acids is 1. The molecule has 1 aromatic carbocycles. The Morgan fingerprint density at radius 3 is 2.46 bits per heavy atom. The molecule has 0 aromatic heterocycles. The van der Waals surface area contributed by atoms with Crippen LogP contribution in [-0.2, 0) is 14.8 Å². The molecule has 0 atom stereocenters. The number of sulfonamides is 1. The molecule has 24 heavy (non-hydrogen) atoms. The molecule has 0 aliphatic heterocycles. The second-order valence-electron chi connectivity index (χ2n) is 5.81. The van der Waals surface area contributed by atoms with Gasteiger partial charge in [0.25, 0.3) is 0 Å². The van der Waals surface area contributed by atoms with E-state index in [0.717, 1.165) is 10.7 Å². The first-order valence-electron chi connectivity index (χ1n) is 7.67. The van der Waals surface area contributed by atoms with Crippen LogP contribution >= 0.6 is 0 Å². The minimum atomic E-state index is -3.88. The first-order valence-corrected chi connectivity index (χ1v) is 9.11. The van der Waals surface area contributed by atoms with Crippen LogP contribution in [0.15, 0.2) is 23.1 Å². The lowest BCUT2D eigenvalue weighted by molar-refractivity contribution is -0.121. The Kier molecular flexibility index (Phi) is 7.50. The number of ether oxygens (including phenoxy) is 2. The third-order valence-corrected chi connectivity index (χ3v) is 5.29. The molecular weight excluding hydrogens is 332 g/mol. The van der Waals surface area contributed by atoms with E-state index in [0.29, 0.717) is 18.2 Å². The molecule has 0 unspecified atom stereocenters. The summed E-state index contributed by atoms with van der Waals surface area (Å²) in [6, 6.07) is 4.50. The smallest absolute Gasteiger partial charge is 0.247 e. The summed E-state index contributed by atoms with van der Waals surface area (Å²) in [5.74, 6) is 0.712. The van der Waals surface area contributed by atoms with Crippen molar-refractivity contribution in [2.75, 3.05) is 34.4 Å². The summed E-state index contributed by atoms with van der Waals surface area (Å²) in [5.41, 5.74) is 0. The minimum Gasteiger partial charge on any atom is -0.497 e. The number of nitrogens with zero attached hydrogens (tertiary/aromatic N) is 1. The molecule has 1 rings (SSSR count). The van der Waals surface area contributed by atoms with E-state index in [4.69, 9.17) is 9.47 Å². The van der Waals surface area contributed by atoms with Gasteiger partial charge in [-0.15, -0.1) is 0 Å². The molecule has 0 bridgehead atoms. The van der Waals surface area contributed by atoms with Crippen molar-refractivity contribution in [1.82, 2.24) is 9.62 Å². The van der Waals surface area contributed by atoms with Gasteiger partial charge < -0.3 is 14.8 Å². The first-order chi connectivity index (χ1) is 11.2. The largest absolute Gasteiger partial charge is 0.497 e. The fraction of sp³-hybridized carbons (Fsp3) is 0.562. The molecule has 0 saturated heterocycles. The minimum absolute atomic E-state index is 0.0400. The van der Waals surface area contributed by atoms with Gasteiger partial charge in [0.05, 0.1) is 20.8 Å². The van der Waals surface area contributed by atoms with E-state index >= 15 is 0 Å². The van der Waals surface area contributed by atoms with Crippen LogP contribution in [0, 0.1) is 5.92 Å². The van der Waals surface area contributed by atoms with Crippen molar-refractivity contribution in [3.8, 4) is 11.5 Å². The van der Waals surface area contributed by atoms with E-state index in [9.17, 15) is 13.2 Å². The molecule has 7 nitrogen and oxygen atoms in total. The molecule has 1 N–H and O–H groups in total. The molecule has 0 heterocycles. The lowest BCUT2D eigenvalue weighted by Crippen LogP contribution is -2.38. The molecule has 0 radical (unpaired) electrons. The molecule has 1 amide bonds. The fourth-order valence-electron chi connectivity index (χ4n) is 2.00. The fourth-order valence-corrected chi connectivity index (χ4v) is 3.29. The average molecular weight is 358 g/mol. The van der Waals surface area contributed by atoms with Gasteiger partial charge >= 0.3 is 0 Å². The number of amides is 1. The number of benzene rings is 1. The molecule has 0 aliphatic rings. The summed E-state index contributed by atoms with van der Waals surface area (Å²) in [4.78, 5) is 11.9. The second-order valence-corrected chi connectivity index (χ2v) is 7.82. The van der Waals surface area contributed by atoms with Crippen LogP contribution in [0.3, 0.4) is 0 Å². The molecule has 0 spiro atoms. The number of methoxy groups -OCH3 is 2. The van der Waals surface area contributed by atoms with Crippen LogP contribution in [0.4, 0.5) is 0 Å². The maximum atomic E-state index is 12.7. The second kappa shape index (κ2) is 8.89. The Morgan fingerprint density at radius 1 is 1.25 bits per heavy atom. The number of rotatable bonds is 9. The summed E-state index contributed by atoms with van der Waals surface area (Å²) < 4.78 is 36.6. The molecule has 136 valence electrons. The molecular formula is C16H26N2O5S. The molecule has 0 fully saturated rings. The topological polar surface area (TPSA) is 84.9 Å². The highest BCUT2D eigenvalue weighted by molar-refractivity contribution is 7.89. The van der Waals surface area contributed by atoms with Gasteiger partial charge in [-0.1, -0.05) is 13.8 Å². The van der Waals surface area contributed by atoms with Crippen LogP contribution in [0.5, 0.6) is 11.5 Å². The number of hydrogen-bond acceptors (Lipinski definition) is 5. The van der Waals surface area contributed by atoms with Crippen LogP contribution in [0.2, 0.25) is 0 Å². The molecule has 0 saturated carbocycles. The first kappa shape index (κ1) is 20.2. The van der Waals surface area contributed by atoms with Crippen molar-refractivity contribution < 1.29 is 22.7 Å². The number of nitrogens with one attached hydrogen (secondary N) is 1. The van der Waals surface area contributed by atoms with Gasteiger partial charge in [0.1, 0.15) is 16.4 Å². The van der Waals surface area contributed by atoms with Crippen molar-refractivity contribution >= 4 is 15.9 Å². The van der Waals surface area contributed by atoms with Crippen molar-refractivity contribution in [3.63, 3.8) is 0 Å². The quantitative estimate of drug-likeness (QED) is 0.723. The summed E-state index contributed by atoms with van der Waals surface area (Å²) in [6.45, 7) is 4.36. The van der Waals surface area contributed by atoms with Crippen molar-refractivity contribution in [2.24, 2.45) is 5.92 Å². The SMILES string of the molecule is COc1ccc(OC)c(S(=O)(=O)N(C)CC(=O)NCCC(C)C)c1. The van der Waals surface area contributed by atoms with Crippen molar-refractivity contribution in [1.29, 1.82) is 0 Å². The van der Waals surface area contributed by atoms with E-state index in [1.54, 1.807) is 6.07 Å². The highest BCUT2D eigenvalue weighted by atomic mass is 32.2. The van der Waals surface area contributed by atoms with Gasteiger partial charge in [-0.3, -0.25) is 4.79 Å². The Labute approximate surface area is 144 Å². The molecule has 8 heteroatoms. The maximum Gasteiger partial charge on any atom is 0.247 e. The van der Waals surface area contributed by atoms with Crippen molar-refractivity contribution in [3.05, 3.63) is 18.2 Å². The van der Waals surface area contributed by atoms with Crippen LogP contribution in [0.1, 0.15) is 20.3 Å². The lowest BCUT2D eigenvalue weighted by Gasteiger charge is -2.19. The number of likely N-dealkylation sites (N-methyl/N-ethyl adjacent to an activating group) is 1. The van der Waals surface area contributed by atoms with E-state index in [2.05, 4.69) is 19.2 Å². The molecule has 1 aromatic rings. The molecule has 0 aliphatic carbocycles. The summed E-state index contributed by atoms with van der Waals surface area (Å²) in [6.07, 6.45) is 0.839. The summed E-state index contributed by atoms with van der Waals surface area (Å²) in [7, 11) is 0.311. The Balaban J connectivity index is 2.89. The van der Waals surface area contributed by atoms with E-state index in [1.165, 1.54) is 33.4 Å². The van der Waals surface area contributed by atoms with Gasteiger partial charge in [0, 0.05) is 19.7 Å². The Hall–Kier alpha value is -1.80. The Morgan fingerprint density at radius 2 is 1.92 bits per heavy atom. The third kappa shape index (κ3) is 5.38. The van der Waals surface area contributed by atoms with Gasteiger partial charge in [0.15, 0.2) is 0 Å². The zero-order valence-corrected chi connectivity index (χ0v) is 15.6. The predicted molar refractivity (Wildman–Crippen MR) is 91.8 cm³/mol. The van der Waals surface area contributed by atoms with Crippen LogP contribution in [-0.4, -0.2) is 53.0 Å². The monoisotopic (exact) mass is 358 g/mol.